The summed E-state index contributed by atoms with van der Waals surface area (Å²) in [7, 11) is 2.95. The van der Waals surface area contributed by atoms with Crippen LogP contribution in [0.5, 0.6) is 0 Å². The lowest BCUT2D eigenvalue weighted by molar-refractivity contribution is -0.170. The number of nitrogens with zero attached hydrogens (tertiary/aromatic N) is 4. The lowest BCUT2D eigenvalue weighted by atomic mass is 9.77. The molecule has 0 aliphatic heterocycles. The van der Waals surface area contributed by atoms with Crippen LogP contribution in [-0.2, 0) is 14.3 Å². The number of hydrogen-bond donors (Lipinski definition) is 1. The van der Waals surface area contributed by atoms with Gasteiger partial charge in [-0.05, 0) is 47.7 Å². The van der Waals surface area contributed by atoms with Gasteiger partial charge in [0.25, 0.3) is 0 Å². The van der Waals surface area contributed by atoms with E-state index in [1.54, 1.807) is 17.8 Å². The van der Waals surface area contributed by atoms with E-state index in [0.29, 0.717) is 24.3 Å². The van der Waals surface area contributed by atoms with Gasteiger partial charge < -0.3 is 15.2 Å². The third-order valence-electron chi connectivity index (χ3n) is 6.92. The second kappa shape index (κ2) is 9.39. The van der Waals surface area contributed by atoms with Gasteiger partial charge in [-0.3, -0.25) is 4.98 Å². The molecule has 0 saturated heterocycles. The number of carbonyl (C=O) groups excluding carboxylic acids is 1. The molecule has 2 N–H and O–H groups in total. The van der Waals surface area contributed by atoms with Crippen molar-refractivity contribution in [2.75, 3.05) is 20.0 Å². The molecule has 0 atom stereocenters. The van der Waals surface area contributed by atoms with Gasteiger partial charge in [0.15, 0.2) is 11.2 Å². The van der Waals surface area contributed by atoms with E-state index < -0.39 is 5.60 Å². The molecular weight excluding hydrogens is 510 g/mol. The number of ether oxygens (including phenoxy) is 2. The highest BCUT2D eigenvalue weighted by molar-refractivity contribution is 9.10. The molecule has 0 amide bonds. The third kappa shape index (κ3) is 4.08. The summed E-state index contributed by atoms with van der Waals surface area (Å²) in [4.78, 5) is 22.0. The summed E-state index contributed by atoms with van der Waals surface area (Å²) in [6, 6.07) is 14.1. The second-order valence-corrected chi connectivity index (χ2v) is 9.55. The molecule has 4 aromatic rings. The number of hydrogen-bond acceptors (Lipinski definition) is 7. The zero-order chi connectivity index (χ0) is 24.6. The predicted molar refractivity (Wildman–Crippen MR) is 137 cm³/mol. The summed E-state index contributed by atoms with van der Waals surface area (Å²) in [6.07, 6.45) is 6.15. The Morgan fingerprint density at radius 1 is 1.09 bits per heavy atom. The number of nitrogens with two attached hydrogens (primary N) is 1. The molecule has 3 aromatic heterocycles. The smallest absolute Gasteiger partial charge is 0.338 e. The maximum Gasteiger partial charge on any atom is 0.338 e. The van der Waals surface area contributed by atoms with Crippen molar-refractivity contribution in [2.24, 2.45) is 0 Å². The molecule has 3 heterocycles. The van der Waals surface area contributed by atoms with Gasteiger partial charge in [0.2, 0.25) is 0 Å². The zero-order valence-corrected chi connectivity index (χ0v) is 21.2. The summed E-state index contributed by atoms with van der Waals surface area (Å²) in [5.41, 5.74) is 10.8. The monoisotopic (exact) mass is 535 g/mol. The van der Waals surface area contributed by atoms with Crippen LogP contribution in [-0.4, -0.2) is 45.4 Å². The molecule has 0 bridgehead atoms. The van der Waals surface area contributed by atoms with Crippen LogP contribution < -0.4 is 5.73 Å². The van der Waals surface area contributed by atoms with Gasteiger partial charge in [0, 0.05) is 35.9 Å². The molecule has 5 rings (SSSR count). The lowest BCUT2D eigenvalue weighted by Gasteiger charge is -2.36. The van der Waals surface area contributed by atoms with E-state index in [1.807, 2.05) is 48.7 Å². The summed E-state index contributed by atoms with van der Waals surface area (Å²) < 4.78 is 13.0. The molecule has 9 heteroatoms. The molecule has 35 heavy (non-hydrogen) atoms. The minimum Gasteiger partial charge on any atom is -0.467 e. The van der Waals surface area contributed by atoms with Crippen molar-refractivity contribution in [2.45, 2.75) is 37.2 Å². The second-order valence-electron chi connectivity index (χ2n) is 8.75. The van der Waals surface area contributed by atoms with Crippen molar-refractivity contribution in [3.8, 4) is 22.4 Å². The Kier molecular flexibility index (Phi) is 6.29. The van der Waals surface area contributed by atoms with Gasteiger partial charge in [0.1, 0.15) is 5.82 Å². The first-order valence-corrected chi connectivity index (χ1v) is 12.2. The highest BCUT2D eigenvalue weighted by Gasteiger charge is 2.44. The number of methoxy groups -OCH3 is 2. The Morgan fingerprint density at radius 3 is 2.46 bits per heavy atom. The van der Waals surface area contributed by atoms with E-state index >= 15 is 0 Å². The van der Waals surface area contributed by atoms with Gasteiger partial charge in [0.05, 0.1) is 29.2 Å². The topological polar surface area (TPSA) is 105 Å². The molecule has 1 aliphatic rings. The Hall–Kier alpha value is -3.30. The highest BCUT2D eigenvalue weighted by Crippen LogP contribution is 2.43. The molecule has 8 nitrogen and oxygen atoms in total. The van der Waals surface area contributed by atoms with E-state index in [2.05, 4.69) is 26.0 Å². The fourth-order valence-corrected chi connectivity index (χ4v) is 5.44. The normalized spacial score (nSPS) is 20.1. The average Bonchev–Trinajstić information content (AvgIpc) is 3.35. The maximum atomic E-state index is 12.3. The molecule has 1 aromatic carbocycles. The van der Waals surface area contributed by atoms with Crippen molar-refractivity contribution in [3.63, 3.8) is 0 Å². The van der Waals surface area contributed by atoms with Crippen LogP contribution >= 0.6 is 15.9 Å². The van der Waals surface area contributed by atoms with Crippen LogP contribution in [0.3, 0.4) is 0 Å². The van der Waals surface area contributed by atoms with Crippen molar-refractivity contribution >= 4 is 33.4 Å². The molecule has 0 unspecified atom stereocenters. The fraction of sp³-hybridized carbons (Fsp3) is 0.308. The van der Waals surface area contributed by atoms with E-state index in [-0.39, 0.29) is 11.9 Å². The maximum absolute atomic E-state index is 12.3. The third-order valence-corrected chi connectivity index (χ3v) is 7.73. The molecule has 1 aliphatic carbocycles. The summed E-state index contributed by atoms with van der Waals surface area (Å²) in [5, 5.41) is 4.48. The van der Waals surface area contributed by atoms with E-state index in [0.717, 1.165) is 45.4 Å². The first-order valence-electron chi connectivity index (χ1n) is 11.5. The molecule has 0 radical (unpaired) electrons. The van der Waals surface area contributed by atoms with Crippen LogP contribution in [0.4, 0.5) is 5.82 Å². The van der Waals surface area contributed by atoms with E-state index in [1.165, 1.54) is 7.11 Å². The summed E-state index contributed by atoms with van der Waals surface area (Å²) in [6.45, 7) is 0. The van der Waals surface area contributed by atoms with Crippen molar-refractivity contribution in [1.82, 2.24) is 19.6 Å². The van der Waals surface area contributed by atoms with Crippen LogP contribution in [0.15, 0.2) is 59.3 Å². The number of esters is 1. The average molecular weight is 536 g/mol. The van der Waals surface area contributed by atoms with Gasteiger partial charge in [-0.2, -0.15) is 9.61 Å². The van der Waals surface area contributed by atoms with Gasteiger partial charge in [-0.25, -0.2) is 9.78 Å². The predicted octanol–water partition coefficient (Wildman–Crippen LogP) is 5.02. The molecule has 1 saturated carbocycles. The minimum atomic E-state index is -0.901. The Balaban J connectivity index is 1.48. The number of nitrogen functional groups attached to an aromatic ring is 1. The number of halogens is 1. The lowest BCUT2D eigenvalue weighted by Crippen LogP contribution is -2.44. The number of carbonyl (C=O) groups is 1. The van der Waals surface area contributed by atoms with E-state index in [4.69, 9.17) is 20.2 Å². The zero-order valence-electron chi connectivity index (χ0n) is 19.6. The van der Waals surface area contributed by atoms with Crippen molar-refractivity contribution < 1.29 is 14.3 Å². The van der Waals surface area contributed by atoms with Crippen LogP contribution in [0.2, 0.25) is 0 Å². The molecule has 180 valence electrons. The quantitative estimate of drug-likeness (QED) is 0.357. The summed E-state index contributed by atoms with van der Waals surface area (Å²) >= 11 is 3.64. The van der Waals surface area contributed by atoms with Crippen LogP contribution in [0.1, 0.15) is 37.3 Å². The van der Waals surface area contributed by atoms with E-state index in [9.17, 15) is 4.79 Å². The largest absolute Gasteiger partial charge is 0.467 e. The first kappa shape index (κ1) is 23.4. The molecular formula is C26H26BrN5O3. The van der Waals surface area contributed by atoms with Crippen molar-refractivity contribution in [3.05, 3.63) is 65.0 Å². The standard InChI is InChI=1S/C26H26BrN5O3/c1-34-25(33)26(35-2)12-10-17(11-13-26)22-21(27)23(28)32-24(31-22)19(15-30-32)18-8-9-20(29-14-18)16-6-4-3-5-7-16/h3-9,14-15,17H,10-13,28H2,1-2H3. The highest BCUT2D eigenvalue weighted by atomic mass is 79.9. The minimum absolute atomic E-state index is 0.117. The first-order chi connectivity index (χ1) is 17.0. The van der Waals surface area contributed by atoms with Crippen molar-refractivity contribution in [1.29, 1.82) is 0 Å². The Morgan fingerprint density at radius 2 is 1.83 bits per heavy atom. The SMILES string of the molecule is COC(=O)C1(OC)CCC(c2nc3c(-c4ccc(-c5ccccc5)nc4)cnn3c(N)c2Br)CC1. The van der Waals surface area contributed by atoms with Crippen LogP contribution in [0, 0.1) is 0 Å². The number of pyridine rings is 1. The number of rotatable bonds is 5. The Bertz CT molecular complexity index is 1360. The van der Waals surface area contributed by atoms with Gasteiger partial charge >= 0.3 is 5.97 Å². The number of fused-ring (bicyclic) bond motifs is 1. The summed E-state index contributed by atoms with van der Waals surface area (Å²) in [5.74, 6) is 0.276. The fourth-order valence-electron chi connectivity index (χ4n) is 4.86. The Labute approximate surface area is 211 Å². The van der Waals surface area contributed by atoms with Gasteiger partial charge in [-0.1, -0.05) is 36.4 Å². The molecule has 1 fully saturated rings. The number of anilines is 1. The number of aromatic nitrogens is 4. The molecule has 0 spiro atoms. The van der Waals surface area contributed by atoms with Crippen LogP contribution in [0.25, 0.3) is 28.0 Å². The van der Waals surface area contributed by atoms with Gasteiger partial charge in [-0.15, -0.1) is 0 Å². The number of benzene rings is 1.